The van der Waals surface area contributed by atoms with Crippen LogP contribution in [0.5, 0.6) is 0 Å². The van der Waals surface area contributed by atoms with E-state index in [-0.39, 0.29) is 5.91 Å². The summed E-state index contributed by atoms with van der Waals surface area (Å²) in [5.74, 6) is -0.124. The number of anilines is 1. The van der Waals surface area contributed by atoms with Gasteiger partial charge in [-0.25, -0.2) is 4.68 Å². The Balaban J connectivity index is 1.44. The van der Waals surface area contributed by atoms with Crippen molar-refractivity contribution in [3.05, 3.63) is 66.0 Å². The van der Waals surface area contributed by atoms with Crippen LogP contribution in [0.25, 0.3) is 5.69 Å². The standard InChI is InChI=1S/C22H26N6O/c1-27(19-8-3-2-4-9-19)15-18-7-5-6-10-21(18)24-22(29)17-11-13-20(14-12-17)28-16-23-25-26-28/h5-7,10-14,16,19H,2-4,8-9,15H2,1H3,(H,24,29). The van der Waals surface area contributed by atoms with Gasteiger partial charge >= 0.3 is 0 Å². The summed E-state index contributed by atoms with van der Waals surface area (Å²) in [5, 5.41) is 14.2. The second kappa shape index (κ2) is 8.96. The summed E-state index contributed by atoms with van der Waals surface area (Å²) in [6.07, 6.45) is 8.02. The Labute approximate surface area is 170 Å². The minimum absolute atomic E-state index is 0.124. The number of carbonyl (C=O) groups excluding carboxylic acids is 1. The Morgan fingerprint density at radius 1 is 1.10 bits per heavy atom. The first-order valence-electron chi connectivity index (χ1n) is 10.1. The van der Waals surface area contributed by atoms with Crippen molar-refractivity contribution < 1.29 is 4.79 Å². The van der Waals surface area contributed by atoms with Crippen LogP contribution in [0.2, 0.25) is 0 Å². The number of tetrazole rings is 1. The van der Waals surface area contributed by atoms with E-state index >= 15 is 0 Å². The van der Waals surface area contributed by atoms with Gasteiger partial charge < -0.3 is 5.32 Å². The first-order valence-corrected chi connectivity index (χ1v) is 10.1. The largest absolute Gasteiger partial charge is 0.322 e. The van der Waals surface area contributed by atoms with E-state index in [4.69, 9.17) is 0 Å². The summed E-state index contributed by atoms with van der Waals surface area (Å²) < 4.78 is 1.55. The van der Waals surface area contributed by atoms with E-state index in [1.807, 2.05) is 30.3 Å². The molecule has 150 valence electrons. The molecule has 0 saturated heterocycles. The van der Waals surface area contributed by atoms with Crippen molar-refractivity contribution in [1.29, 1.82) is 0 Å². The topological polar surface area (TPSA) is 75.9 Å². The molecule has 7 nitrogen and oxygen atoms in total. The maximum absolute atomic E-state index is 12.8. The summed E-state index contributed by atoms with van der Waals surface area (Å²) in [6, 6.07) is 15.9. The van der Waals surface area contributed by atoms with Gasteiger partial charge in [-0.1, -0.05) is 37.5 Å². The smallest absolute Gasteiger partial charge is 0.255 e. The maximum atomic E-state index is 12.8. The maximum Gasteiger partial charge on any atom is 0.255 e. The van der Waals surface area contributed by atoms with Crippen LogP contribution in [0.15, 0.2) is 54.9 Å². The number of para-hydroxylation sites is 1. The number of benzene rings is 2. The second-order valence-corrected chi connectivity index (χ2v) is 7.62. The van der Waals surface area contributed by atoms with Gasteiger partial charge in [-0.05, 0) is 66.2 Å². The zero-order valence-electron chi connectivity index (χ0n) is 16.7. The molecule has 0 radical (unpaired) electrons. The molecule has 0 unspecified atom stereocenters. The van der Waals surface area contributed by atoms with Gasteiger partial charge in [-0.15, -0.1) is 5.10 Å². The molecule has 1 aliphatic rings. The highest BCUT2D eigenvalue weighted by atomic mass is 16.1. The van der Waals surface area contributed by atoms with Gasteiger partial charge in [0.1, 0.15) is 6.33 Å². The quantitative estimate of drug-likeness (QED) is 0.695. The lowest BCUT2D eigenvalue weighted by molar-refractivity contribution is 0.102. The Morgan fingerprint density at radius 3 is 2.59 bits per heavy atom. The molecule has 1 N–H and O–H groups in total. The van der Waals surface area contributed by atoms with Gasteiger partial charge in [0.2, 0.25) is 0 Å². The molecule has 4 rings (SSSR count). The minimum atomic E-state index is -0.124. The molecule has 1 saturated carbocycles. The second-order valence-electron chi connectivity index (χ2n) is 7.62. The van der Waals surface area contributed by atoms with E-state index in [9.17, 15) is 4.79 Å². The van der Waals surface area contributed by atoms with Crippen LogP contribution < -0.4 is 5.32 Å². The predicted octanol–water partition coefficient (Wildman–Crippen LogP) is 3.68. The van der Waals surface area contributed by atoms with E-state index in [1.165, 1.54) is 38.4 Å². The molecule has 1 fully saturated rings. The lowest BCUT2D eigenvalue weighted by Crippen LogP contribution is -2.33. The number of hydrogen-bond donors (Lipinski definition) is 1. The van der Waals surface area contributed by atoms with Crippen LogP contribution in [0.4, 0.5) is 5.69 Å². The van der Waals surface area contributed by atoms with E-state index in [0.29, 0.717) is 11.6 Å². The van der Waals surface area contributed by atoms with Crippen molar-refractivity contribution in [3.8, 4) is 5.69 Å². The van der Waals surface area contributed by atoms with Crippen LogP contribution in [-0.4, -0.2) is 44.1 Å². The number of amides is 1. The van der Waals surface area contributed by atoms with Crippen molar-refractivity contribution in [2.24, 2.45) is 0 Å². The van der Waals surface area contributed by atoms with Gasteiger partial charge in [0, 0.05) is 23.8 Å². The van der Waals surface area contributed by atoms with Gasteiger partial charge in [0.15, 0.2) is 0 Å². The number of rotatable bonds is 6. The van der Waals surface area contributed by atoms with E-state index in [1.54, 1.807) is 16.8 Å². The third kappa shape index (κ3) is 4.68. The highest BCUT2D eigenvalue weighted by Gasteiger charge is 2.19. The van der Waals surface area contributed by atoms with Crippen LogP contribution in [0, 0.1) is 0 Å². The molecule has 0 spiro atoms. The average Bonchev–Trinajstić information content (AvgIpc) is 3.31. The monoisotopic (exact) mass is 390 g/mol. The third-order valence-electron chi connectivity index (χ3n) is 5.63. The van der Waals surface area contributed by atoms with Crippen molar-refractivity contribution in [3.63, 3.8) is 0 Å². The molecule has 1 amide bonds. The van der Waals surface area contributed by atoms with Crippen LogP contribution in [-0.2, 0) is 6.54 Å². The van der Waals surface area contributed by atoms with Crippen molar-refractivity contribution in [1.82, 2.24) is 25.1 Å². The number of hydrogen-bond acceptors (Lipinski definition) is 5. The lowest BCUT2D eigenvalue weighted by atomic mass is 9.94. The third-order valence-corrected chi connectivity index (χ3v) is 5.63. The van der Waals surface area contributed by atoms with Crippen molar-refractivity contribution >= 4 is 11.6 Å². The first kappa shape index (κ1) is 19.3. The molecule has 1 aromatic heterocycles. The van der Waals surface area contributed by atoms with Crippen LogP contribution >= 0.6 is 0 Å². The normalized spacial score (nSPS) is 14.8. The lowest BCUT2D eigenvalue weighted by Gasteiger charge is -2.31. The number of carbonyl (C=O) groups is 1. The SMILES string of the molecule is CN(Cc1ccccc1NC(=O)c1ccc(-n2cnnn2)cc1)C1CCCCC1. The molecule has 2 aromatic carbocycles. The van der Waals surface area contributed by atoms with Gasteiger partial charge in [-0.2, -0.15) is 0 Å². The fourth-order valence-corrected chi connectivity index (χ4v) is 3.94. The number of nitrogens with zero attached hydrogens (tertiary/aromatic N) is 5. The fraction of sp³-hybridized carbons (Fsp3) is 0.364. The Morgan fingerprint density at radius 2 is 1.86 bits per heavy atom. The summed E-state index contributed by atoms with van der Waals surface area (Å²) in [6.45, 7) is 0.833. The molecule has 0 bridgehead atoms. The first-order chi connectivity index (χ1) is 14.2. The Hall–Kier alpha value is -3.06. The molecular weight excluding hydrogens is 364 g/mol. The van der Waals surface area contributed by atoms with Crippen LogP contribution in [0.1, 0.15) is 48.0 Å². The van der Waals surface area contributed by atoms with E-state index in [0.717, 1.165) is 23.5 Å². The summed E-state index contributed by atoms with van der Waals surface area (Å²) >= 11 is 0. The van der Waals surface area contributed by atoms with Gasteiger partial charge in [-0.3, -0.25) is 9.69 Å². The zero-order valence-corrected chi connectivity index (χ0v) is 16.7. The minimum Gasteiger partial charge on any atom is -0.322 e. The zero-order chi connectivity index (χ0) is 20.1. The fourth-order valence-electron chi connectivity index (χ4n) is 3.94. The van der Waals surface area contributed by atoms with Crippen LogP contribution in [0.3, 0.4) is 0 Å². The van der Waals surface area contributed by atoms with E-state index < -0.39 is 0 Å². The molecule has 3 aromatic rings. The molecule has 0 aliphatic heterocycles. The van der Waals surface area contributed by atoms with E-state index in [2.05, 4.69) is 38.9 Å². The van der Waals surface area contributed by atoms with Gasteiger partial charge in [0.25, 0.3) is 5.91 Å². The van der Waals surface area contributed by atoms with Gasteiger partial charge in [0.05, 0.1) is 5.69 Å². The molecule has 29 heavy (non-hydrogen) atoms. The van der Waals surface area contributed by atoms with Crippen molar-refractivity contribution in [2.45, 2.75) is 44.7 Å². The number of aromatic nitrogens is 4. The summed E-state index contributed by atoms with van der Waals surface area (Å²) in [7, 11) is 2.19. The molecule has 7 heteroatoms. The van der Waals surface area contributed by atoms with Crippen molar-refractivity contribution in [2.75, 3.05) is 12.4 Å². The molecule has 1 aliphatic carbocycles. The summed E-state index contributed by atoms with van der Waals surface area (Å²) in [5.41, 5.74) is 3.40. The average molecular weight is 390 g/mol. The highest BCUT2D eigenvalue weighted by Crippen LogP contribution is 2.25. The Kier molecular flexibility index (Phi) is 5.95. The predicted molar refractivity (Wildman–Crippen MR) is 112 cm³/mol. The number of nitrogens with one attached hydrogen (secondary N) is 1. The molecular formula is C22H26N6O. The molecule has 0 atom stereocenters. The highest BCUT2D eigenvalue weighted by molar-refractivity contribution is 6.04. The Bertz CT molecular complexity index is 932. The molecule has 1 heterocycles. The summed E-state index contributed by atoms with van der Waals surface area (Å²) in [4.78, 5) is 15.2.